The van der Waals surface area contributed by atoms with Crippen LogP contribution in [0.3, 0.4) is 0 Å². The lowest BCUT2D eigenvalue weighted by Gasteiger charge is -2.31. The third-order valence-electron chi connectivity index (χ3n) is 6.27. The van der Waals surface area contributed by atoms with Crippen molar-refractivity contribution in [1.29, 1.82) is 0 Å². The van der Waals surface area contributed by atoms with E-state index in [0.717, 1.165) is 16.8 Å². The minimum atomic E-state index is -0.223. The van der Waals surface area contributed by atoms with Gasteiger partial charge in [-0.05, 0) is 49.6 Å². The molecule has 0 bridgehead atoms. The lowest BCUT2D eigenvalue weighted by Crippen LogP contribution is -2.37. The number of carbonyl (C=O) groups is 1. The van der Waals surface area contributed by atoms with Gasteiger partial charge in [-0.15, -0.1) is 5.10 Å². The molecule has 9 heteroatoms. The molecule has 2 aromatic heterocycles. The summed E-state index contributed by atoms with van der Waals surface area (Å²) in [4.78, 5) is 32.6. The molecule has 0 amide bonds. The van der Waals surface area contributed by atoms with E-state index < -0.39 is 0 Å². The second-order valence-corrected chi connectivity index (χ2v) is 8.39. The van der Waals surface area contributed by atoms with Crippen molar-refractivity contribution in [1.82, 2.24) is 19.2 Å². The Morgan fingerprint density at radius 2 is 1.91 bits per heavy atom. The molecule has 0 radical (unpaired) electrons. The number of anilines is 1. The van der Waals surface area contributed by atoms with E-state index in [0.29, 0.717) is 56.1 Å². The Balaban J connectivity index is 1.55. The topological polar surface area (TPSA) is 91.0 Å². The number of nitrogens with zero attached hydrogens (tertiary/aromatic N) is 5. The highest BCUT2D eigenvalue weighted by atomic mass is 16.5. The summed E-state index contributed by atoms with van der Waals surface area (Å²) >= 11 is 0. The minimum Gasteiger partial charge on any atom is -0.497 e. The van der Waals surface area contributed by atoms with Crippen LogP contribution >= 0.6 is 0 Å². The van der Waals surface area contributed by atoms with Crippen LogP contribution in [-0.2, 0) is 16.1 Å². The van der Waals surface area contributed by atoms with E-state index in [-0.39, 0.29) is 17.6 Å². The molecule has 3 heterocycles. The van der Waals surface area contributed by atoms with Crippen LogP contribution < -0.4 is 15.3 Å². The van der Waals surface area contributed by atoms with E-state index in [1.54, 1.807) is 11.5 Å². The van der Waals surface area contributed by atoms with E-state index in [4.69, 9.17) is 19.6 Å². The Labute approximate surface area is 196 Å². The third-order valence-corrected chi connectivity index (χ3v) is 6.27. The molecule has 1 aliphatic rings. The van der Waals surface area contributed by atoms with Crippen molar-refractivity contribution in [3.8, 4) is 5.75 Å². The predicted octanol–water partition coefficient (Wildman–Crippen LogP) is 2.88. The van der Waals surface area contributed by atoms with Gasteiger partial charge >= 0.3 is 11.7 Å². The molecule has 0 spiro atoms. The number of aromatic nitrogens is 4. The zero-order valence-electron chi connectivity index (χ0n) is 19.3. The first kappa shape index (κ1) is 21.9. The van der Waals surface area contributed by atoms with Gasteiger partial charge in [0.2, 0.25) is 5.65 Å². The molecule has 9 nitrogen and oxygen atoms in total. The monoisotopic (exact) mass is 461 g/mol. The van der Waals surface area contributed by atoms with Crippen molar-refractivity contribution < 1.29 is 14.3 Å². The molecule has 1 fully saturated rings. The van der Waals surface area contributed by atoms with Crippen LogP contribution in [0, 0.1) is 5.92 Å². The quantitative estimate of drug-likeness (QED) is 0.408. The summed E-state index contributed by atoms with van der Waals surface area (Å²) in [6.45, 7) is 3.81. The Morgan fingerprint density at radius 3 is 2.68 bits per heavy atom. The van der Waals surface area contributed by atoms with Crippen LogP contribution in [0.4, 0.5) is 5.82 Å². The smallest absolute Gasteiger partial charge is 0.351 e. The van der Waals surface area contributed by atoms with Gasteiger partial charge in [0.05, 0.1) is 37.2 Å². The summed E-state index contributed by atoms with van der Waals surface area (Å²) in [5, 5.41) is 4.70. The van der Waals surface area contributed by atoms with Gasteiger partial charge in [-0.3, -0.25) is 4.79 Å². The molecule has 34 heavy (non-hydrogen) atoms. The summed E-state index contributed by atoms with van der Waals surface area (Å²) in [5.41, 5.74) is 2.64. The third kappa shape index (κ3) is 3.98. The highest BCUT2D eigenvalue weighted by Crippen LogP contribution is 2.27. The van der Waals surface area contributed by atoms with Crippen molar-refractivity contribution in [2.24, 2.45) is 5.92 Å². The summed E-state index contributed by atoms with van der Waals surface area (Å²) in [5.74, 6) is 1.13. The van der Waals surface area contributed by atoms with E-state index in [1.165, 1.54) is 4.68 Å². The standard InChI is InChI=1S/C25H27N5O4/c1-3-34-24(31)18-11-13-28(14-12-18)22-23-27-29(16-17-7-6-8-19(15-17)33-2)25(32)30(23)21-10-5-4-9-20(21)26-22/h4-10,15,18H,3,11-14,16H2,1-2H3. The number of rotatable bonds is 6. The lowest BCUT2D eigenvalue weighted by atomic mass is 9.97. The second-order valence-electron chi connectivity index (χ2n) is 8.39. The molecular formula is C25H27N5O4. The van der Waals surface area contributed by atoms with Crippen LogP contribution in [-0.4, -0.2) is 51.9 Å². The fourth-order valence-electron chi connectivity index (χ4n) is 4.53. The molecule has 1 aliphatic heterocycles. The zero-order valence-corrected chi connectivity index (χ0v) is 19.3. The Bertz CT molecular complexity index is 1400. The fourth-order valence-corrected chi connectivity index (χ4v) is 4.53. The van der Waals surface area contributed by atoms with Crippen molar-refractivity contribution in [3.63, 3.8) is 0 Å². The van der Waals surface area contributed by atoms with Gasteiger partial charge in [-0.1, -0.05) is 24.3 Å². The van der Waals surface area contributed by atoms with Crippen molar-refractivity contribution in [2.45, 2.75) is 26.3 Å². The Kier molecular flexibility index (Phi) is 5.91. The van der Waals surface area contributed by atoms with E-state index in [2.05, 4.69) is 4.90 Å². The molecule has 0 saturated carbocycles. The molecule has 1 saturated heterocycles. The number of methoxy groups -OCH3 is 1. The zero-order chi connectivity index (χ0) is 23.7. The van der Waals surface area contributed by atoms with Crippen molar-refractivity contribution in [3.05, 3.63) is 64.6 Å². The van der Waals surface area contributed by atoms with Crippen LogP contribution in [0.1, 0.15) is 25.3 Å². The minimum absolute atomic E-state index is 0.111. The molecule has 4 aromatic rings. The van der Waals surface area contributed by atoms with Gasteiger partial charge in [0, 0.05) is 13.1 Å². The number of para-hydroxylation sites is 2. The molecule has 176 valence electrons. The second kappa shape index (κ2) is 9.17. The number of fused-ring (bicyclic) bond motifs is 3. The van der Waals surface area contributed by atoms with Gasteiger partial charge in [0.1, 0.15) is 5.75 Å². The highest BCUT2D eigenvalue weighted by molar-refractivity contribution is 5.83. The number of piperidine rings is 1. The first-order valence-electron chi connectivity index (χ1n) is 11.5. The number of ether oxygens (including phenoxy) is 2. The SMILES string of the molecule is CCOC(=O)C1CCN(c2nc3ccccc3n3c(=O)n(Cc4cccc(OC)c4)nc23)CC1. The van der Waals surface area contributed by atoms with Gasteiger partial charge < -0.3 is 14.4 Å². The maximum absolute atomic E-state index is 13.5. The molecule has 0 aliphatic carbocycles. The van der Waals surface area contributed by atoms with Gasteiger partial charge in [-0.25, -0.2) is 18.9 Å². The number of carbonyl (C=O) groups excluding carboxylic acids is 1. The number of hydrogen-bond acceptors (Lipinski definition) is 7. The Hall–Kier alpha value is -3.88. The molecule has 2 aromatic carbocycles. The molecular weight excluding hydrogens is 434 g/mol. The summed E-state index contributed by atoms with van der Waals surface area (Å²) in [6, 6.07) is 15.2. The molecule has 0 unspecified atom stereocenters. The van der Waals surface area contributed by atoms with Gasteiger partial charge in [0.15, 0.2) is 5.82 Å². The summed E-state index contributed by atoms with van der Waals surface area (Å²) in [6.07, 6.45) is 1.35. The average Bonchev–Trinajstić information content (AvgIpc) is 3.20. The predicted molar refractivity (Wildman–Crippen MR) is 128 cm³/mol. The normalized spacial score (nSPS) is 14.6. The summed E-state index contributed by atoms with van der Waals surface area (Å²) < 4.78 is 13.6. The molecule has 0 atom stereocenters. The van der Waals surface area contributed by atoms with Crippen LogP contribution in [0.5, 0.6) is 5.75 Å². The number of esters is 1. The largest absolute Gasteiger partial charge is 0.497 e. The Morgan fingerprint density at radius 1 is 1.12 bits per heavy atom. The first-order valence-corrected chi connectivity index (χ1v) is 11.5. The van der Waals surface area contributed by atoms with Crippen molar-refractivity contribution in [2.75, 3.05) is 31.7 Å². The van der Waals surface area contributed by atoms with Crippen LogP contribution in [0.15, 0.2) is 53.3 Å². The first-order chi connectivity index (χ1) is 16.6. The van der Waals surface area contributed by atoms with Gasteiger partial charge in [0.25, 0.3) is 0 Å². The van der Waals surface area contributed by atoms with Gasteiger partial charge in [-0.2, -0.15) is 0 Å². The van der Waals surface area contributed by atoms with E-state index in [9.17, 15) is 9.59 Å². The number of hydrogen-bond donors (Lipinski definition) is 0. The summed E-state index contributed by atoms with van der Waals surface area (Å²) in [7, 11) is 1.62. The molecule has 5 rings (SSSR count). The lowest BCUT2D eigenvalue weighted by molar-refractivity contribution is -0.148. The van der Waals surface area contributed by atoms with Crippen LogP contribution in [0.2, 0.25) is 0 Å². The maximum atomic E-state index is 13.5. The van der Waals surface area contributed by atoms with E-state index in [1.807, 2.05) is 55.5 Å². The van der Waals surface area contributed by atoms with Crippen molar-refractivity contribution >= 4 is 28.5 Å². The van der Waals surface area contributed by atoms with E-state index >= 15 is 0 Å². The highest BCUT2D eigenvalue weighted by Gasteiger charge is 2.29. The fraction of sp³-hybridized carbons (Fsp3) is 0.360. The molecule has 0 N–H and O–H groups in total. The maximum Gasteiger partial charge on any atom is 0.351 e. The van der Waals surface area contributed by atoms with Crippen LogP contribution in [0.25, 0.3) is 16.7 Å². The average molecular weight is 462 g/mol. The number of benzene rings is 2.